The van der Waals surface area contributed by atoms with E-state index in [0.717, 1.165) is 61.1 Å². The Bertz CT molecular complexity index is 836. The first kappa shape index (κ1) is 16.4. The molecule has 0 aromatic carbocycles. The Morgan fingerprint density at radius 3 is 3.00 bits per heavy atom. The highest BCUT2D eigenvalue weighted by Crippen LogP contribution is 2.32. The monoisotopic (exact) mass is 380 g/mol. The average molecular weight is 381 g/mol. The third kappa shape index (κ3) is 3.19. The van der Waals surface area contributed by atoms with Crippen molar-refractivity contribution >= 4 is 40.2 Å². The fourth-order valence-corrected chi connectivity index (χ4v) is 4.40. The molecule has 1 fully saturated rings. The van der Waals surface area contributed by atoms with Crippen LogP contribution in [0.4, 0.5) is 0 Å². The van der Waals surface area contributed by atoms with Gasteiger partial charge >= 0.3 is 0 Å². The first-order valence-corrected chi connectivity index (χ1v) is 9.69. The van der Waals surface area contributed by atoms with Crippen LogP contribution in [-0.4, -0.2) is 40.5 Å². The molecule has 0 atom stereocenters. The van der Waals surface area contributed by atoms with Crippen LogP contribution in [-0.2, 0) is 6.54 Å². The second kappa shape index (κ2) is 7.02. The predicted molar refractivity (Wildman–Crippen MR) is 101 cm³/mol. The number of thiophene rings is 1. The second-order valence-corrected chi connectivity index (χ2v) is 7.76. The van der Waals surface area contributed by atoms with Crippen molar-refractivity contribution in [3.05, 3.63) is 45.5 Å². The molecule has 0 amide bonds. The number of halogens is 2. The minimum atomic E-state index is 0.587. The molecule has 0 aliphatic carbocycles. The van der Waals surface area contributed by atoms with E-state index in [1.165, 1.54) is 0 Å². The molecule has 0 bridgehead atoms. The van der Waals surface area contributed by atoms with Crippen molar-refractivity contribution in [1.82, 2.24) is 19.6 Å². The molecule has 0 unspecified atom stereocenters. The smallest absolute Gasteiger partial charge is 0.156 e. The lowest BCUT2D eigenvalue weighted by molar-refractivity contribution is 0.281. The van der Waals surface area contributed by atoms with E-state index in [-0.39, 0.29) is 0 Å². The molecule has 3 aromatic rings. The van der Waals surface area contributed by atoms with Crippen molar-refractivity contribution < 1.29 is 0 Å². The molecule has 1 aliphatic rings. The number of hydrogen-bond donors (Lipinski definition) is 1. The second-order valence-electron chi connectivity index (χ2n) is 5.96. The zero-order valence-corrected chi connectivity index (χ0v) is 15.5. The summed E-state index contributed by atoms with van der Waals surface area (Å²) >= 11 is 14.3. The molecule has 7 heteroatoms. The molecule has 126 valence electrons. The van der Waals surface area contributed by atoms with E-state index < -0.39 is 0 Å². The van der Waals surface area contributed by atoms with Crippen molar-refractivity contribution in [3.63, 3.8) is 0 Å². The van der Waals surface area contributed by atoms with E-state index in [2.05, 4.69) is 32.1 Å². The number of pyridine rings is 1. The van der Waals surface area contributed by atoms with E-state index in [1.54, 1.807) is 17.4 Å². The lowest BCUT2D eigenvalue weighted by Gasteiger charge is -2.19. The third-order valence-corrected chi connectivity index (χ3v) is 5.66. The number of aromatic nitrogens is 2. The Labute approximate surface area is 155 Å². The first-order chi connectivity index (χ1) is 11.7. The van der Waals surface area contributed by atoms with Crippen molar-refractivity contribution in [1.29, 1.82) is 0 Å². The molecule has 0 radical (unpaired) electrons. The largest absolute Gasteiger partial charge is 0.315 e. The maximum Gasteiger partial charge on any atom is 0.156 e. The lowest BCUT2D eigenvalue weighted by Crippen LogP contribution is -2.28. The highest BCUT2D eigenvalue weighted by atomic mass is 35.5. The van der Waals surface area contributed by atoms with Crippen LogP contribution in [0.3, 0.4) is 0 Å². The van der Waals surface area contributed by atoms with E-state index in [0.29, 0.717) is 10.0 Å². The highest BCUT2D eigenvalue weighted by molar-refractivity contribution is 7.13. The van der Waals surface area contributed by atoms with Gasteiger partial charge < -0.3 is 5.32 Å². The van der Waals surface area contributed by atoms with Crippen LogP contribution >= 0.6 is 34.5 Å². The van der Waals surface area contributed by atoms with Gasteiger partial charge in [0, 0.05) is 25.8 Å². The number of rotatable bonds is 3. The van der Waals surface area contributed by atoms with Crippen LogP contribution in [0.5, 0.6) is 0 Å². The summed E-state index contributed by atoms with van der Waals surface area (Å²) in [7, 11) is 0. The van der Waals surface area contributed by atoms with Crippen molar-refractivity contribution in [2.24, 2.45) is 0 Å². The minimum absolute atomic E-state index is 0.587. The highest BCUT2D eigenvalue weighted by Gasteiger charge is 2.20. The van der Waals surface area contributed by atoms with Gasteiger partial charge in [-0.05, 0) is 37.0 Å². The summed E-state index contributed by atoms with van der Waals surface area (Å²) < 4.78 is 2.05. The van der Waals surface area contributed by atoms with Crippen molar-refractivity contribution in [2.45, 2.75) is 13.0 Å². The molecular weight excluding hydrogens is 363 g/mol. The molecule has 24 heavy (non-hydrogen) atoms. The van der Waals surface area contributed by atoms with E-state index >= 15 is 0 Å². The van der Waals surface area contributed by atoms with Crippen LogP contribution in [0, 0.1) is 0 Å². The number of nitrogens with one attached hydrogen (secondary N) is 1. The van der Waals surface area contributed by atoms with Gasteiger partial charge in [-0.2, -0.15) is 0 Å². The molecule has 0 spiro atoms. The van der Waals surface area contributed by atoms with E-state index in [4.69, 9.17) is 28.2 Å². The molecular formula is C17H18Cl2N4S. The Hall–Kier alpha value is -1.11. The molecule has 1 aliphatic heterocycles. The van der Waals surface area contributed by atoms with Gasteiger partial charge in [0.2, 0.25) is 0 Å². The van der Waals surface area contributed by atoms with Crippen LogP contribution in [0.2, 0.25) is 10.0 Å². The number of nitrogens with zero attached hydrogens (tertiary/aromatic N) is 3. The Balaban J connectivity index is 1.82. The summed E-state index contributed by atoms with van der Waals surface area (Å²) in [6, 6.07) is 5.91. The van der Waals surface area contributed by atoms with Gasteiger partial charge in [0.25, 0.3) is 0 Å². The quantitative estimate of drug-likeness (QED) is 0.739. The van der Waals surface area contributed by atoms with Gasteiger partial charge in [-0.3, -0.25) is 9.30 Å². The molecule has 0 saturated carbocycles. The predicted octanol–water partition coefficient (Wildman–Crippen LogP) is 4.16. The standard InChI is InChI=1S/C17H18Cl2N4S/c18-12-9-13(19)17-21-16(15-3-1-8-24-15)14(23(17)10-12)11-22-6-2-4-20-5-7-22/h1,3,8-10,20H,2,4-7,11H2. The van der Waals surface area contributed by atoms with Crippen LogP contribution < -0.4 is 5.32 Å². The number of fused-ring (bicyclic) bond motifs is 1. The SMILES string of the molecule is Clc1cc(Cl)c2nc(-c3cccs3)c(CN3CCCNCC3)n2c1. The lowest BCUT2D eigenvalue weighted by atomic mass is 10.2. The Morgan fingerprint density at radius 1 is 1.25 bits per heavy atom. The molecule has 4 rings (SSSR count). The van der Waals surface area contributed by atoms with Crippen LogP contribution in [0.1, 0.15) is 12.1 Å². The molecule has 4 heterocycles. The van der Waals surface area contributed by atoms with Gasteiger partial charge in [0.05, 0.1) is 20.6 Å². The Morgan fingerprint density at radius 2 is 2.17 bits per heavy atom. The summed E-state index contributed by atoms with van der Waals surface area (Å²) in [6.45, 7) is 5.06. The molecule has 3 aromatic heterocycles. The van der Waals surface area contributed by atoms with E-state index in [1.807, 2.05) is 6.20 Å². The van der Waals surface area contributed by atoms with Crippen LogP contribution in [0.25, 0.3) is 16.2 Å². The van der Waals surface area contributed by atoms with Gasteiger partial charge in [0.1, 0.15) is 5.69 Å². The summed E-state index contributed by atoms with van der Waals surface area (Å²) in [5, 5.41) is 6.74. The third-order valence-electron chi connectivity index (χ3n) is 4.30. The fourth-order valence-electron chi connectivity index (χ4n) is 3.15. The van der Waals surface area contributed by atoms with Gasteiger partial charge in [-0.1, -0.05) is 29.3 Å². The van der Waals surface area contributed by atoms with E-state index in [9.17, 15) is 0 Å². The zero-order valence-electron chi connectivity index (χ0n) is 13.1. The maximum absolute atomic E-state index is 6.39. The molecule has 4 nitrogen and oxygen atoms in total. The number of imidazole rings is 1. The summed E-state index contributed by atoms with van der Waals surface area (Å²) in [4.78, 5) is 8.45. The summed E-state index contributed by atoms with van der Waals surface area (Å²) in [5.41, 5.74) is 2.93. The van der Waals surface area contributed by atoms with Gasteiger partial charge in [-0.25, -0.2) is 4.98 Å². The number of hydrogen-bond acceptors (Lipinski definition) is 4. The summed E-state index contributed by atoms with van der Waals surface area (Å²) in [5.74, 6) is 0. The van der Waals surface area contributed by atoms with Crippen molar-refractivity contribution in [2.75, 3.05) is 26.2 Å². The fraction of sp³-hybridized carbons (Fsp3) is 0.353. The normalized spacial score (nSPS) is 16.6. The maximum atomic E-state index is 6.39. The van der Waals surface area contributed by atoms with Gasteiger partial charge in [-0.15, -0.1) is 11.3 Å². The zero-order chi connectivity index (χ0) is 16.5. The van der Waals surface area contributed by atoms with Crippen LogP contribution in [0.15, 0.2) is 29.8 Å². The first-order valence-electron chi connectivity index (χ1n) is 8.05. The topological polar surface area (TPSA) is 32.6 Å². The van der Waals surface area contributed by atoms with Crippen molar-refractivity contribution in [3.8, 4) is 10.6 Å². The molecule has 1 saturated heterocycles. The van der Waals surface area contributed by atoms with Gasteiger partial charge in [0.15, 0.2) is 5.65 Å². The Kier molecular flexibility index (Phi) is 4.79. The molecule has 1 N–H and O–H groups in total. The average Bonchev–Trinajstić information content (AvgIpc) is 3.11. The minimum Gasteiger partial charge on any atom is -0.315 e. The summed E-state index contributed by atoms with van der Waals surface area (Å²) in [6.07, 6.45) is 3.07.